The smallest absolute Gasteiger partial charge is 0.238 e. The first-order valence-electron chi connectivity index (χ1n) is 8.96. The second-order valence-electron chi connectivity index (χ2n) is 6.78. The van der Waals surface area contributed by atoms with Crippen LogP contribution in [0.2, 0.25) is 10.0 Å². The van der Waals surface area contributed by atoms with E-state index in [0.29, 0.717) is 10.6 Å². The van der Waals surface area contributed by atoms with E-state index >= 15 is 0 Å². The molecular weight excluding hydrogens is 470 g/mol. The molecule has 1 aromatic heterocycles. The number of benzene rings is 3. The van der Waals surface area contributed by atoms with Crippen LogP contribution in [0.3, 0.4) is 0 Å². The minimum Gasteiger partial charge on any atom is -0.238 e. The van der Waals surface area contributed by atoms with Crippen molar-refractivity contribution < 1.29 is 21.6 Å². The van der Waals surface area contributed by atoms with E-state index in [2.05, 4.69) is 6.07 Å². The Morgan fingerprint density at radius 3 is 2.32 bits per heavy atom. The zero-order valence-corrected chi connectivity index (χ0v) is 17.9. The fourth-order valence-electron chi connectivity index (χ4n) is 3.35. The molecule has 3 aromatic carbocycles. The van der Waals surface area contributed by atoms with Crippen LogP contribution in [-0.4, -0.2) is 12.4 Å². The summed E-state index contributed by atoms with van der Waals surface area (Å²) in [6.45, 7) is 0. The third-order valence-electron chi connectivity index (χ3n) is 4.79. The molecule has 0 atom stereocenters. The van der Waals surface area contributed by atoms with Crippen LogP contribution in [0.5, 0.6) is 0 Å². The number of halogens is 5. The lowest BCUT2D eigenvalue weighted by molar-refractivity contribution is -0.137. The Kier molecular flexibility index (Phi) is 5.54. The van der Waals surface area contributed by atoms with Crippen molar-refractivity contribution in [2.75, 3.05) is 0 Å². The number of fused-ring (bicyclic) bond motifs is 1. The molecule has 1 heterocycles. The molecule has 0 N–H and O–H groups in total. The van der Waals surface area contributed by atoms with Gasteiger partial charge in [0.1, 0.15) is 0 Å². The van der Waals surface area contributed by atoms with Gasteiger partial charge in [0.2, 0.25) is 0 Å². The van der Waals surface area contributed by atoms with Gasteiger partial charge in [-0.25, -0.2) is 12.4 Å². The molecule has 31 heavy (non-hydrogen) atoms. The van der Waals surface area contributed by atoms with Crippen molar-refractivity contribution in [1.29, 1.82) is 0 Å². The first kappa shape index (κ1) is 21.7. The summed E-state index contributed by atoms with van der Waals surface area (Å²) in [5.74, 6) is 0. The average Bonchev–Trinajstić information content (AvgIpc) is 3.09. The van der Waals surface area contributed by atoms with Crippen LogP contribution in [0.25, 0.3) is 10.9 Å². The van der Waals surface area contributed by atoms with E-state index in [1.165, 1.54) is 24.3 Å². The third-order valence-corrected chi connectivity index (χ3v) is 7.26. The van der Waals surface area contributed by atoms with Gasteiger partial charge in [0.25, 0.3) is 10.0 Å². The maximum Gasteiger partial charge on any atom is 0.416 e. The predicted molar refractivity (Wildman–Crippen MR) is 114 cm³/mol. The molecule has 4 aromatic rings. The van der Waals surface area contributed by atoms with E-state index in [1.807, 2.05) is 0 Å². The third kappa shape index (κ3) is 4.05. The highest BCUT2D eigenvalue weighted by molar-refractivity contribution is 7.90. The van der Waals surface area contributed by atoms with Crippen LogP contribution < -0.4 is 0 Å². The molecule has 0 saturated carbocycles. The summed E-state index contributed by atoms with van der Waals surface area (Å²) in [6, 6.07) is 17.9. The SMILES string of the molecule is O=S(=O)(c1ccccc1)n1c(Cc2c(Cl)[c]ccc2Cl)cc2cc(C(F)(F)F)ccc21. The van der Waals surface area contributed by atoms with Crippen LogP contribution in [-0.2, 0) is 22.6 Å². The van der Waals surface area contributed by atoms with E-state index < -0.39 is 21.8 Å². The lowest BCUT2D eigenvalue weighted by Gasteiger charge is -2.14. The summed E-state index contributed by atoms with van der Waals surface area (Å²) in [6.07, 6.45) is -4.58. The number of alkyl halides is 3. The quantitative estimate of drug-likeness (QED) is 0.328. The van der Waals surface area contributed by atoms with Gasteiger partial charge < -0.3 is 0 Å². The Morgan fingerprint density at radius 1 is 0.968 bits per heavy atom. The number of hydrogen-bond donors (Lipinski definition) is 0. The Bertz CT molecular complexity index is 1360. The lowest BCUT2D eigenvalue weighted by Crippen LogP contribution is -2.16. The van der Waals surface area contributed by atoms with E-state index in [1.54, 1.807) is 24.3 Å². The first-order chi connectivity index (χ1) is 14.6. The van der Waals surface area contributed by atoms with Crippen LogP contribution in [0.15, 0.2) is 71.6 Å². The molecule has 0 fully saturated rings. The summed E-state index contributed by atoms with van der Waals surface area (Å²) in [7, 11) is -4.11. The van der Waals surface area contributed by atoms with Gasteiger partial charge in [-0.15, -0.1) is 0 Å². The summed E-state index contributed by atoms with van der Waals surface area (Å²) < 4.78 is 67.5. The predicted octanol–water partition coefficient (Wildman–Crippen LogP) is 6.59. The number of nitrogens with zero attached hydrogens (tertiary/aromatic N) is 1. The van der Waals surface area contributed by atoms with Crippen LogP contribution in [0, 0.1) is 6.07 Å². The Morgan fingerprint density at radius 2 is 1.68 bits per heavy atom. The first-order valence-corrected chi connectivity index (χ1v) is 11.2. The van der Waals surface area contributed by atoms with E-state index in [4.69, 9.17) is 23.2 Å². The molecule has 3 nitrogen and oxygen atoms in total. The Hall–Kier alpha value is -2.48. The highest BCUT2D eigenvalue weighted by atomic mass is 35.5. The molecule has 0 amide bonds. The maximum atomic E-state index is 13.4. The van der Waals surface area contributed by atoms with Gasteiger partial charge in [0, 0.05) is 28.6 Å². The lowest BCUT2D eigenvalue weighted by atomic mass is 10.1. The second kappa shape index (κ2) is 7.89. The summed E-state index contributed by atoms with van der Waals surface area (Å²) in [5.41, 5.74) is -0.0975. The van der Waals surface area contributed by atoms with Crippen LogP contribution in [0.1, 0.15) is 16.8 Å². The molecular formula is C22H13Cl2F3NO2S. The zero-order valence-electron chi connectivity index (χ0n) is 15.6. The second-order valence-corrected chi connectivity index (χ2v) is 9.36. The molecule has 0 saturated heterocycles. The van der Waals surface area contributed by atoms with Crippen molar-refractivity contribution in [2.24, 2.45) is 0 Å². The summed E-state index contributed by atoms with van der Waals surface area (Å²) in [5, 5.41) is 0.641. The van der Waals surface area contributed by atoms with Crippen molar-refractivity contribution in [3.8, 4) is 0 Å². The molecule has 0 aliphatic heterocycles. The van der Waals surface area contributed by atoms with Gasteiger partial charge in [0.05, 0.1) is 21.0 Å². The monoisotopic (exact) mass is 482 g/mol. The van der Waals surface area contributed by atoms with Gasteiger partial charge >= 0.3 is 6.18 Å². The molecule has 0 bridgehead atoms. The van der Waals surface area contributed by atoms with Crippen molar-refractivity contribution in [3.63, 3.8) is 0 Å². The molecule has 1 radical (unpaired) electrons. The fraction of sp³-hybridized carbons (Fsp3) is 0.0909. The van der Waals surface area contributed by atoms with Gasteiger partial charge in [-0.1, -0.05) is 47.5 Å². The molecule has 4 rings (SSSR count). The maximum absolute atomic E-state index is 13.4. The highest BCUT2D eigenvalue weighted by Gasteiger charge is 2.32. The molecule has 0 unspecified atom stereocenters. The van der Waals surface area contributed by atoms with Gasteiger partial charge in [-0.05, 0) is 48.0 Å². The van der Waals surface area contributed by atoms with Crippen LogP contribution in [0.4, 0.5) is 13.2 Å². The Balaban J connectivity index is 1.99. The van der Waals surface area contributed by atoms with Gasteiger partial charge in [0.15, 0.2) is 0 Å². The van der Waals surface area contributed by atoms with Gasteiger partial charge in [-0.2, -0.15) is 13.2 Å². The number of hydrogen-bond acceptors (Lipinski definition) is 2. The van der Waals surface area contributed by atoms with Crippen LogP contribution >= 0.6 is 23.2 Å². The molecule has 159 valence electrons. The normalized spacial score (nSPS) is 12.4. The summed E-state index contributed by atoms with van der Waals surface area (Å²) >= 11 is 12.4. The van der Waals surface area contributed by atoms with Crippen molar-refractivity contribution in [3.05, 3.63) is 99.7 Å². The van der Waals surface area contributed by atoms with Gasteiger partial charge in [-0.3, -0.25) is 0 Å². The van der Waals surface area contributed by atoms with Crippen molar-refractivity contribution in [1.82, 2.24) is 3.97 Å². The fourth-order valence-corrected chi connectivity index (χ4v) is 5.42. The van der Waals surface area contributed by atoms with Crippen molar-refractivity contribution >= 4 is 44.1 Å². The van der Waals surface area contributed by atoms with E-state index in [9.17, 15) is 21.6 Å². The zero-order chi connectivity index (χ0) is 22.4. The Labute approximate surface area is 186 Å². The highest BCUT2D eigenvalue weighted by Crippen LogP contribution is 2.35. The van der Waals surface area contributed by atoms with E-state index in [-0.39, 0.29) is 32.9 Å². The molecule has 0 spiro atoms. The average molecular weight is 483 g/mol. The molecule has 9 heteroatoms. The number of rotatable bonds is 4. The molecule has 0 aliphatic carbocycles. The topological polar surface area (TPSA) is 39.1 Å². The van der Waals surface area contributed by atoms with Crippen molar-refractivity contribution in [2.45, 2.75) is 17.5 Å². The minimum atomic E-state index is -4.56. The largest absolute Gasteiger partial charge is 0.416 e. The number of aromatic nitrogens is 1. The van der Waals surface area contributed by atoms with E-state index in [0.717, 1.165) is 22.2 Å². The molecule has 0 aliphatic rings. The summed E-state index contributed by atoms with van der Waals surface area (Å²) in [4.78, 5) is 0.00506. The standard InChI is InChI=1S/C22H13Cl2F3NO2S/c23-19-7-4-8-20(24)18(19)13-16-12-14-11-15(22(25,26)27)9-10-21(14)28(16)31(29,30)17-5-2-1-3-6-17/h1-7,9-12H,13H2. The minimum absolute atomic E-state index is 0.00506.